The fourth-order valence-electron chi connectivity index (χ4n) is 2.03. The van der Waals surface area contributed by atoms with Crippen molar-refractivity contribution in [2.45, 2.75) is 25.9 Å². The third-order valence-corrected chi connectivity index (χ3v) is 3.18. The van der Waals surface area contributed by atoms with Gasteiger partial charge in [0.05, 0.1) is 25.2 Å². The normalized spacial score (nSPS) is 14.2. The van der Waals surface area contributed by atoms with E-state index in [-0.39, 0.29) is 12.1 Å². The van der Waals surface area contributed by atoms with Crippen molar-refractivity contribution >= 4 is 0 Å². The SMILES string of the molecule is COc1ccc(C(C)n2cncc2[C@@H](C)N)cc1. The van der Waals surface area contributed by atoms with E-state index < -0.39 is 0 Å². The Morgan fingerprint density at radius 1 is 1.22 bits per heavy atom. The average Bonchev–Trinajstić information content (AvgIpc) is 2.87. The second kappa shape index (κ2) is 5.23. The van der Waals surface area contributed by atoms with Gasteiger partial charge in [-0.2, -0.15) is 0 Å². The Balaban J connectivity index is 2.29. The molecule has 1 aromatic heterocycles. The molecule has 2 rings (SSSR count). The summed E-state index contributed by atoms with van der Waals surface area (Å²) in [6.07, 6.45) is 3.65. The summed E-state index contributed by atoms with van der Waals surface area (Å²) in [7, 11) is 1.67. The maximum atomic E-state index is 5.94. The van der Waals surface area contributed by atoms with Crippen LogP contribution in [0, 0.1) is 0 Å². The van der Waals surface area contributed by atoms with E-state index in [1.807, 2.05) is 31.6 Å². The number of hydrogen-bond donors (Lipinski definition) is 1. The van der Waals surface area contributed by atoms with Crippen molar-refractivity contribution in [3.63, 3.8) is 0 Å². The predicted octanol–water partition coefficient (Wildman–Crippen LogP) is 2.52. The molecule has 2 atom stereocenters. The lowest BCUT2D eigenvalue weighted by atomic mass is 10.1. The Morgan fingerprint density at radius 3 is 2.44 bits per heavy atom. The Hall–Kier alpha value is -1.81. The van der Waals surface area contributed by atoms with Gasteiger partial charge in [0, 0.05) is 12.2 Å². The molecule has 0 saturated carbocycles. The number of nitrogens with two attached hydrogens (primary N) is 1. The zero-order valence-corrected chi connectivity index (χ0v) is 11.0. The van der Waals surface area contributed by atoms with Crippen molar-refractivity contribution in [1.82, 2.24) is 9.55 Å². The minimum absolute atomic E-state index is 0.0202. The molecule has 0 aliphatic carbocycles. The number of benzene rings is 1. The molecule has 0 aliphatic rings. The van der Waals surface area contributed by atoms with Crippen LogP contribution in [0.15, 0.2) is 36.8 Å². The first kappa shape index (κ1) is 12.6. The summed E-state index contributed by atoms with van der Waals surface area (Å²) in [5.74, 6) is 0.865. The predicted molar refractivity (Wildman–Crippen MR) is 71.6 cm³/mol. The number of imidazole rings is 1. The van der Waals surface area contributed by atoms with E-state index >= 15 is 0 Å². The fraction of sp³-hybridized carbons (Fsp3) is 0.357. The number of hydrogen-bond acceptors (Lipinski definition) is 3. The summed E-state index contributed by atoms with van der Waals surface area (Å²) in [6.45, 7) is 4.10. The van der Waals surface area contributed by atoms with Gasteiger partial charge in [0.15, 0.2) is 0 Å². The first-order valence-corrected chi connectivity index (χ1v) is 6.04. The van der Waals surface area contributed by atoms with Gasteiger partial charge in [-0.15, -0.1) is 0 Å². The van der Waals surface area contributed by atoms with E-state index in [0.717, 1.165) is 11.4 Å². The van der Waals surface area contributed by atoms with E-state index in [1.54, 1.807) is 7.11 Å². The van der Waals surface area contributed by atoms with Gasteiger partial charge in [-0.3, -0.25) is 0 Å². The molecule has 0 radical (unpaired) electrons. The van der Waals surface area contributed by atoms with Crippen LogP contribution in [0.2, 0.25) is 0 Å². The number of rotatable bonds is 4. The zero-order valence-electron chi connectivity index (χ0n) is 11.0. The van der Waals surface area contributed by atoms with Crippen LogP contribution in [0.3, 0.4) is 0 Å². The largest absolute Gasteiger partial charge is 0.497 e. The van der Waals surface area contributed by atoms with Gasteiger partial charge in [-0.25, -0.2) is 4.98 Å². The first-order chi connectivity index (χ1) is 8.63. The van der Waals surface area contributed by atoms with Crippen molar-refractivity contribution in [2.75, 3.05) is 7.11 Å². The molecule has 0 fully saturated rings. The van der Waals surface area contributed by atoms with Crippen molar-refractivity contribution in [3.05, 3.63) is 48.0 Å². The molecule has 1 aromatic carbocycles. The van der Waals surface area contributed by atoms with Gasteiger partial charge < -0.3 is 15.0 Å². The molecule has 1 heterocycles. The van der Waals surface area contributed by atoms with Crippen LogP contribution in [0.25, 0.3) is 0 Å². The highest BCUT2D eigenvalue weighted by atomic mass is 16.5. The number of nitrogens with zero attached hydrogens (tertiary/aromatic N) is 2. The monoisotopic (exact) mass is 245 g/mol. The summed E-state index contributed by atoms with van der Waals surface area (Å²) in [5, 5.41) is 0. The van der Waals surface area contributed by atoms with E-state index in [9.17, 15) is 0 Å². The molecule has 4 nitrogen and oxygen atoms in total. The van der Waals surface area contributed by atoms with Gasteiger partial charge >= 0.3 is 0 Å². The maximum absolute atomic E-state index is 5.94. The third-order valence-electron chi connectivity index (χ3n) is 3.18. The summed E-state index contributed by atoms with van der Waals surface area (Å²) in [6, 6.07) is 8.25. The second-order valence-electron chi connectivity index (χ2n) is 4.46. The van der Waals surface area contributed by atoms with E-state index in [2.05, 4.69) is 28.6 Å². The van der Waals surface area contributed by atoms with Gasteiger partial charge in [-0.1, -0.05) is 12.1 Å². The summed E-state index contributed by atoms with van der Waals surface area (Å²) < 4.78 is 7.27. The highest BCUT2D eigenvalue weighted by molar-refractivity contribution is 5.29. The van der Waals surface area contributed by atoms with Crippen LogP contribution in [0.1, 0.15) is 37.2 Å². The lowest BCUT2D eigenvalue weighted by molar-refractivity contribution is 0.414. The van der Waals surface area contributed by atoms with Gasteiger partial charge in [0.2, 0.25) is 0 Å². The molecule has 4 heteroatoms. The Morgan fingerprint density at radius 2 is 1.89 bits per heavy atom. The average molecular weight is 245 g/mol. The van der Waals surface area contributed by atoms with Crippen molar-refractivity contribution in [3.8, 4) is 5.75 Å². The van der Waals surface area contributed by atoms with Crippen LogP contribution in [-0.2, 0) is 0 Å². The van der Waals surface area contributed by atoms with Crippen LogP contribution >= 0.6 is 0 Å². The topological polar surface area (TPSA) is 53.1 Å². The molecule has 2 aromatic rings. The van der Waals surface area contributed by atoms with Crippen molar-refractivity contribution in [2.24, 2.45) is 5.73 Å². The molecule has 0 aliphatic heterocycles. The zero-order chi connectivity index (χ0) is 13.1. The molecular formula is C14H19N3O. The molecule has 0 bridgehead atoms. The van der Waals surface area contributed by atoms with Crippen LogP contribution < -0.4 is 10.5 Å². The first-order valence-electron chi connectivity index (χ1n) is 6.04. The molecule has 1 unspecified atom stereocenters. The summed E-state index contributed by atoms with van der Waals surface area (Å²) in [5.41, 5.74) is 8.18. The van der Waals surface area contributed by atoms with Gasteiger partial charge in [0.1, 0.15) is 5.75 Å². The molecule has 18 heavy (non-hydrogen) atoms. The molecular weight excluding hydrogens is 226 g/mol. The van der Waals surface area contributed by atoms with Crippen LogP contribution in [0.4, 0.5) is 0 Å². The van der Waals surface area contributed by atoms with Gasteiger partial charge in [-0.05, 0) is 31.5 Å². The number of aromatic nitrogens is 2. The van der Waals surface area contributed by atoms with Crippen LogP contribution in [-0.4, -0.2) is 16.7 Å². The summed E-state index contributed by atoms with van der Waals surface area (Å²) >= 11 is 0. The molecule has 96 valence electrons. The molecule has 0 amide bonds. The Bertz CT molecular complexity index is 502. The maximum Gasteiger partial charge on any atom is 0.118 e. The minimum Gasteiger partial charge on any atom is -0.497 e. The number of methoxy groups -OCH3 is 1. The standard InChI is InChI=1S/C14H19N3O/c1-10(15)14-8-16-9-17(14)11(2)12-4-6-13(18-3)7-5-12/h4-11H,15H2,1-3H3/t10-,11?/m1/s1. The lowest BCUT2D eigenvalue weighted by Crippen LogP contribution is -2.15. The highest BCUT2D eigenvalue weighted by Gasteiger charge is 2.13. The summed E-state index contributed by atoms with van der Waals surface area (Å²) in [4.78, 5) is 4.18. The van der Waals surface area contributed by atoms with Crippen molar-refractivity contribution in [1.29, 1.82) is 0 Å². The quantitative estimate of drug-likeness (QED) is 0.900. The van der Waals surface area contributed by atoms with E-state index in [4.69, 9.17) is 10.5 Å². The number of ether oxygens (including phenoxy) is 1. The highest BCUT2D eigenvalue weighted by Crippen LogP contribution is 2.23. The minimum atomic E-state index is -0.0202. The Labute approximate surface area is 107 Å². The van der Waals surface area contributed by atoms with Crippen LogP contribution in [0.5, 0.6) is 5.75 Å². The molecule has 0 saturated heterocycles. The molecule has 0 spiro atoms. The van der Waals surface area contributed by atoms with Gasteiger partial charge in [0.25, 0.3) is 0 Å². The van der Waals surface area contributed by atoms with E-state index in [0.29, 0.717) is 0 Å². The Kier molecular flexibility index (Phi) is 3.67. The van der Waals surface area contributed by atoms with Crippen molar-refractivity contribution < 1.29 is 4.74 Å². The van der Waals surface area contributed by atoms with E-state index in [1.165, 1.54) is 5.56 Å². The third kappa shape index (κ3) is 2.38. The molecule has 2 N–H and O–H groups in total. The second-order valence-corrected chi connectivity index (χ2v) is 4.46. The fourth-order valence-corrected chi connectivity index (χ4v) is 2.03. The lowest BCUT2D eigenvalue weighted by Gasteiger charge is -2.19. The smallest absolute Gasteiger partial charge is 0.118 e.